The summed E-state index contributed by atoms with van der Waals surface area (Å²) in [7, 11) is 0. The molecule has 162 valence electrons. The Bertz CT molecular complexity index is 1360. The molecule has 1 aliphatic heterocycles. The monoisotopic (exact) mass is 448 g/mol. The number of para-hydroxylation sites is 1. The standard InChI is InChI=1S/C24H21ClN4O3/c1-14-18-6-2-3-7-19(18)26-22(30)20(14)24(31)29-12-4-5-16(13-29)23-27-21(28-32-23)15-8-10-17(25)11-9-15/h2-3,6-11,16H,4-5,12-13H2,1H3,(H,26,30). The van der Waals surface area contributed by atoms with E-state index in [0.717, 1.165) is 29.3 Å². The number of amides is 1. The predicted octanol–water partition coefficient (Wildman–Crippen LogP) is 4.56. The van der Waals surface area contributed by atoms with E-state index in [2.05, 4.69) is 15.1 Å². The third kappa shape index (κ3) is 3.69. The number of aromatic nitrogens is 3. The molecule has 8 heteroatoms. The summed E-state index contributed by atoms with van der Waals surface area (Å²) < 4.78 is 5.53. The molecule has 2 aromatic heterocycles. The Morgan fingerprint density at radius 2 is 1.97 bits per heavy atom. The number of nitrogens with one attached hydrogen (secondary N) is 1. The van der Waals surface area contributed by atoms with Crippen LogP contribution in [0.25, 0.3) is 22.3 Å². The van der Waals surface area contributed by atoms with Crippen molar-refractivity contribution in [2.75, 3.05) is 13.1 Å². The molecule has 2 aromatic carbocycles. The van der Waals surface area contributed by atoms with Crippen LogP contribution in [0.1, 0.15) is 40.6 Å². The van der Waals surface area contributed by atoms with Crippen LogP contribution >= 0.6 is 11.6 Å². The van der Waals surface area contributed by atoms with Gasteiger partial charge in [0.25, 0.3) is 11.5 Å². The van der Waals surface area contributed by atoms with Crippen LogP contribution in [-0.2, 0) is 0 Å². The van der Waals surface area contributed by atoms with Crippen LogP contribution in [0, 0.1) is 6.92 Å². The van der Waals surface area contributed by atoms with Crippen molar-refractivity contribution in [1.29, 1.82) is 0 Å². The zero-order valence-electron chi connectivity index (χ0n) is 17.5. The number of likely N-dealkylation sites (tertiary alicyclic amines) is 1. The van der Waals surface area contributed by atoms with Crippen LogP contribution in [-0.4, -0.2) is 39.0 Å². The molecule has 1 amide bonds. The number of fused-ring (bicyclic) bond motifs is 1. The average Bonchev–Trinajstić information content (AvgIpc) is 3.30. The molecule has 1 unspecified atom stereocenters. The fraction of sp³-hybridized carbons (Fsp3) is 0.250. The smallest absolute Gasteiger partial charge is 0.261 e. The number of rotatable bonds is 3. The minimum Gasteiger partial charge on any atom is -0.339 e. The highest BCUT2D eigenvalue weighted by Gasteiger charge is 2.31. The van der Waals surface area contributed by atoms with Crippen LogP contribution in [0.5, 0.6) is 0 Å². The molecule has 3 heterocycles. The second-order valence-electron chi connectivity index (χ2n) is 8.05. The number of piperidine rings is 1. The summed E-state index contributed by atoms with van der Waals surface area (Å²) in [6, 6.07) is 14.7. The van der Waals surface area contributed by atoms with Crippen molar-refractivity contribution in [3.63, 3.8) is 0 Å². The van der Waals surface area contributed by atoms with Gasteiger partial charge in [0.2, 0.25) is 11.7 Å². The Labute approximate surface area is 189 Å². The first-order valence-corrected chi connectivity index (χ1v) is 10.9. The molecule has 5 rings (SSSR count). The number of H-pyrrole nitrogens is 1. The highest BCUT2D eigenvalue weighted by molar-refractivity contribution is 6.30. The van der Waals surface area contributed by atoms with Crippen LogP contribution in [0.15, 0.2) is 57.8 Å². The number of nitrogens with zero attached hydrogens (tertiary/aromatic N) is 3. The minimum absolute atomic E-state index is 0.0823. The Hall–Kier alpha value is -3.45. The Kier molecular flexibility index (Phi) is 5.27. The van der Waals surface area contributed by atoms with Crippen molar-refractivity contribution in [1.82, 2.24) is 20.0 Å². The van der Waals surface area contributed by atoms with Crippen LogP contribution in [0.2, 0.25) is 5.02 Å². The number of aryl methyl sites for hydroxylation is 1. The lowest BCUT2D eigenvalue weighted by atomic mass is 9.96. The van der Waals surface area contributed by atoms with Crippen molar-refractivity contribution < 1.29 is 9.32 Å². The number of benzene rings is 2. The van der Waals surface area contributed by atoms with E-state index in [4.69, 9.17) is 16.1 Å². The first-order valence-electron chi connectivity index (χ1n) is 10.5. The SMILES string of the molecule is Cc1c(C(=O)N2CCCC(c3nc(-c4ccc(Cl)cc4)no3)C2)c(=O)[nH]c2ccccc12. The summed E-state index contributed by atoms with van der Waals surface area (Å²) in [5.74, 6) is 0.635. The molecule has 32 heavy (non-hydrogen) atoms. The number of halogens is 1. The molecule has 0 radical (unpaired) electrons. The normalized spacial score (nSPS) is 16.4. The number of pyridine rings is 1. The van der Waals surface area contributed by atoms with Crippen molar-refractivity contribution in [2.45, 2.75) is 25.7 Å². The van der Waals surface area contributed by atoms with E-state index in [0.29, 0.717) is 35.4 Å². The van der Waals surface area contributed by atoms with Crippen LogP contribution in [0.3, 0.4) is 0 Å². The predicted molar refractivity (Wildman–Crippen MR) is 122 cm³/mol. The van der Waals surface area contributed by atoms with Gasteiger partial charge >= 0.3 is 0 Å². The first kappa shape index (κ1) is 20.5. The van der Waals surface area contributed by atoms with Gasteiger partial charge in [-0.1, -0.05) is 35.0 Å². The summed E-state index contributed by atoms with van der Waals surface area (Å²) in [6.45, 7) is 2.83. The summed E-state index contributed by atoms with van der Waals surface area (Å²) in [4.78, 5) is 35.2. The van der Waals surface area contributed by atoms with Gasteiger partial charge in [-0.05, 0) is 55.7 Å². The summed E-state index contributed by atoms with van der Waals surface area (Å²) in [5, 5.41) is 5.60. The number of hydrogen-bond acceptors (Lipinski definition) is 5. The lowest BCUT2D eigenvalue weighted by molar-refractivity contribution is 0.0693. The molecule has 1 N–H and O–H groups in total. The maximum atomic E-state index is 13.3. The second-order valence-corrected chi connectivity index (χ2v) is 8.49. The number of hydrogen-bond donors (Lipinski definition) is 1. The summed E-state index contributed by atoms with van der Waals surface area (Å²) >= 11 is 5.95. The molecule has 1 saturated heterocycles. The molecule has 1 fully saturated rings. The molecule has 0 spiro atoms. The lowest BCUT2D eigenvalue weighted by Crippen LogP contribution is -2.41. The van der Waals surface area contributed by atoms with Crippen LogP contribution < -0.4 is 5.56 Å². The van der Waals surface area contributed by atoms with Gasteiger partial charge in [0.05, 0.1) is 5.92 Å². The van der Waals surface area contributed by atoms with Crippen molar-refractivity contribution >= 4 is 28.4 Å². The molecular formula is C24H21ClN4O3. The molecule has 0 saturated carbocycles. The van der Waals surface area contributed by atoms with Gasteiger partial charge < -0.3 is 14.4 Å². The molecule has 7 nitrogen and oxygen atoms in total. The molecule has 0 aliphatic carbocycles. The van der Waals surface area contributed by atoms with Crippen molar-refractivity contribution in [3.05, 3.63) is 80.9 Å². The fourth-order valence-corrected chi connectivity index (χ4v) is 4.43. The van der Waals surface area contributed by atoms with E-state index >= 15 is 0 Å². The molecule has 1 aliphatic rings. The molecule has 1 atom stereocenters. The van der Waals surface area contributed by atoms with Gasteiger partial charge in [-0.15, -0.1) is 0 Å². The third-order valence-corrected chi connectivity index (χ3v) is 6.25. The lowest BCUT2D eigenvalue weighted by Gasteiger charge is -2.31. The molecule has 0 bridgehead atoms. The zero-order valence-corrected chi connectivity index (χ0v) is 18.2. The quantitative estimate of drug-likeness (QED) is 0.496. The first-order chi connectivity index (χ1) is 15.5. The van der Waals surface area contributed by atoms with E-state index in [1.165, 1.54) is 0 Å². The maximum Gasteiger partial charge on any atom is 0.261 e. The summed E-state index contributed by atoms with van der Waals surface area (Å²) in [6.07, 6.45) is 1.62. The van der Waals surface area contributed by atoms with E-state index in [-0.39, 0.29) is 22.9 Å². The third-order valence-electron chi connectivity index (χ3n) is 6.00. The minimum atomic E-state index is -0.365. The van der Waals surface area contributed by atoms with E-state index in [9.17, 15) is 9.59 Å². The van der Waals surface area contributed by atoms with Crippen molar-refractivity contribution in [2.24, 2.45) is 0 Å². The fourth-order valence-electron chi connectivity index (χ4n) is 4.30. The van der Waals surface area contributed by atoms with Gasteiger partial charge in [0.1, 0.15) is 5.56 Å². The molecular weight excluding hydrogens is 428 g/mol. The largest absolute Gasteiger partial charge is 0.339 e. The van der Waals surface area contributed by atoms with Gasteiger partial charge in [-0.2, -0.15) is 4.98 Å². The van der Waals surface area contributed by atoms with Gasteiger partial charge in [-0.3, -0.25) is 9.59 Å². The van der Waals surface area contributed by atoms with E-state index in [1.807, 2.05) is 43.3 Å². The second kappa shape index (κ2) is 8.24. The number of aromatic amines is 1. The topological polar surface area (TPSA) is 92.1 Å². The van der Waals surface area contributed by atoms with E-state index in [1.54, 1.807) is 17.0 Å². The highest BCUT2D eigenvalue weighted by atomic mass is 35.5. The van der Waals surface area contributed by atoms with Gasteiger partial charge in [-0.25, -0.2) is 0 Å². The zero-order chi connectivity index (χ0) is 22.2. The van der Waals surface area contributed by atoms with Crippen LogP contribution in [0.4, 0.5) is 0 Å². The van der Waals surface area contributed by atoms with Gasteiger partial charge in [0, 0.05) is 34.6 Å². The Balaban J connectivity index is 1.40. The average molecular weight is 449 g/mol. The maximum absolute atomic E-state index is 13.3. The van der Waals surface area contributed by atoms with Crippen molar-refractivity contribution in [3.8, 4) is 11.4 Å². The van der Waals surface area contributed by atoms with Gasteiger partial charge in [0.15, 0.2) is 0 Å². The Morgan fingerprint density at radius 1 is 1.19 bits per heavy atom. The molecule has 4 aromatic rings. The summed E-state index contributed by atoms with van der Waals surface area (Å²) in [5.41, 5.74) is 2.06. The number of carbonyl (C=O) groups is 1. The van der Waals surface area contributed by atoms with E-state index < -0.39 is 0 Å². The highest BCUT2D eigenvalue weighted by Crippen LogP contribution is 2.29. The number of carbonyl (C=O) groups excluding carboxylic acids is 1. The Morgan fingerprint density at radius 3 is 2.78 bits per heavy atom.